The third-order valence-corrected chi connectivity index (χ3v) is 6.24. The fourth-order valence-corrected chi connectivity index (χ4v) is 4.61. The van der Waals surface area contributed by atoms with E-state index in [1.165, 1.54) is 12.1 Å². The highest BCUT2D eigenvalue weighted by Gasteiger charge is 2.19. The minimum Gasteiger partial charge on any atom is -0.371 e. The average molecular weight is 350 g/mol. The Morgan fingerprint density at radius 1 is 1.16 bits per heavy atom. The molecule has 4 rings (SSSR count). The van der Waals surface area contributed by atoms with Gasteiger partial charge in [0.2, 0.25) is 0 Å². The molecule has 0 spiro atoms. The van der Waals surface area contributed by atoms with Crippen molar-refractivity contribution in [3.63, 3.8) is 0 Å². The molecule has 128 valence electrons. The van der Waals surface area contributed by atoms with Crippen molar-refractivity contribution in [2.24, 2.45) is 5.92 Å². The van der Waals surface area contributed by atoms with Crippen molar-refractivity contribution in [2.45, 2.75) is 20.3 Å². The maximum atomic E-state index is 12.7. The molecule has 1 saturated heterocycles. The Bertz CT molecular complexity index is 913. The largest absolute Gasteiger partial charge is 0.371 e. The van der Waals surface area contributed by atoms with Crippen LogP contribution < -0.4 is 10.2 Å². The molecule has 2 heterocycles. The van der Waals surface area contributed by atoms with Crippen LogP contribution in [0.2, 0.25) is 0 Å². The molecule has 25 heavy (non-hydrogen) atoms. The number of rotatable bonds is 3. The highest BCUT2D eigenvalue weighted by Crippen LogP contribution is 2.31. The van der Waals surface area contributed by atoms with Gasteiger partial charge in [-0.3, -0.25) is 4.79 Å². The van der Waals surface area contributed by atoms with Gasteiger partial charge in [0.1, 0.15) is 0 Å². The van der Waals surface area contributed by atoms with Gasteiger partial charge in [-0.25, -0.2) is 0 Å². The van der Waals surface area contributed by atoms with Crippen molar-refractivity contribution < 1.29 is 4.79 Å². The van der Waals surface area contributed by atoms with Gasteiger partial charge in [-0.05, 0) is 60.5 Å². The van der Waals surface area contributed by atoms with Crippen LogP contribution in [0, 0.1) is 12.8 Å². The maximum absolute atomic E-state index is 12.7. The van der Waals surface area contributed by atoms with Crippen LogP contribution in [-0.2, 0) is 0 Å². The number of hydrogen-bond acceptors (Lipinski definition) is 3. The van der Waals surface area contributed by atoms with Crippen molar-refractivity contribution in [1.82, 2.24) is 0 Å². The van der Waals surface area contributed by atoms with Crippen molar-refractivity contribution in [3.8, 4) is 0 Å². The molecule has 2 aromatic carbocycles. The zero-order valence-corrected chi connectivity index (χ0v) is 15.4. The minimum atomic E-state index is -0.0266. The first-order chi connectivity index (χ1) is 12.1. The normalized spacial score (nSPS) is 17.2. The number of aryl methyl sites for hydroxylation is 1. The van der Waals surface area contributed by atoms with E-state index in [2.05, 4.69) is 41.4 Å². The lowest BCUT2D eigenvalue weighted by molar-refractivity contribution is 0.103. The molecule has 0 aliphatic carbocycles. The maximum Gasteiger partial charge on any atom is 0.266 e. The highest BCUT2D eigenvalue weighted by molar-refractivity contribution is 7.21. The number of fused-ring (bicyclic) bond motifs is 1. The van der Waals surface area contributed by atoms with E-state index < -0.39 is 0 Å². The predicted octanol–water partition coefficient (Wildman–Crippen LogP) is 5.31. The molecule has 3 nitrogen and oxygen atoms in total. The van der Waals surface area contributed by atoms with Crippen LogP contribution in [0.5, 0.6) is 0 Å². The van der Waals surface area contributed by atoms with E-state index in [1.54, 1.807) is 11.3 Å². The molecule has 1 N–H and O–H groups in total. The monoisotopic (exact) mass is 350 g/mol. The summed E-state index contributed by atoms with van der Waals surface area (Å²) in [7, 11) is 0. The van der Waals surface area contributed by atoms with Crippen LogP contribution >= 0.6 is 11.3 Å². The Morgan fingerprint density at radius 2 is 1.92 bits per heavy atom. The van der Waals surface area contributed by atoms with Crippen molar-refractivity contribution in [3.05, 3.63) is 59.0 Å². The number of hydrogen-bond donors (Lipinski definition) is 1. The summed E-state index contributed by atoms with van der Waals surface area (Å²) in [6.45, 7) is 6.55. The van der Waals surface area contributed by atoms with Crippen molar-refractivity contribution >= 4 is 38.7 Å². The van der Waals surface area contributed by atoms with Gasteiger partial charge < -0.3 is 10.2 Å². The summed E-state index contributed by atoms with van der Waals surface area (Å²) < 4.78 is 1.16. The summed E-state index contributed by atoms with van der Waals surface area (Å²) >= 11 is 1.55. The van der Waals surface area contributed by atoms with Gasteiger partial charge in [0.05, 0.1) is 4.88 Å². The van der Waals surface area contributed by atoms with Gasteiger partial charge in [-0.15, -0.1) is 11.3 Å². The Kier molecular flexibility index (Phi) is 4.22. The number of nitrogens with one attached hydrogen (secondary N) is 1. The molecule has 4 heteroatoms. The molecule has 0 radical (unpaired) electrons. The Labute approximate surface area is 152 Å². The summed E-state index contributed by atoms with van der Waals surface area (Å²) in [5.74, 6) is 0.733. The molecule has 0 saturated carbocycles. The van der Waals surface area contributed by atoms with Crippen LogP contribution in [0.3, 0.4) is 0 Å². The summed E-state index contributed by atoms with van der Waals surface area (Å²) in [5.41, 5.74) is 3.14. The molecular weight excluding hydrogens is 328 g/mol. The number of carbonyl (C=O) groups excluding carboxylic acids is 1. The number of carbonyl (C=O) groups is 1. The second-order valence-electron chi connectivity index (χ2n) is 6.89. The number of amides is 1. The van der Waals surface area contributed by atoms with Crippen LogP contribution in [0.25, 0.3) is 10.1 Å². The van der Waals surface area contributed by atoms with Crippen LogP contribution in [0.15, 0.2) is 48.5 Å². The fraction of sp³-hybridized carbons (Fsp3) is 0.286. The minimum absolute atomic E-state index is 0.0266. The highest BCUT2D eigenvalue weighted by atomic mass is 32.1. The molecule has 1 atom stereocenters. The zero-order chi connectivity index (χ0) is 17.4. The third kappa shape index (κ3) is 3.14. The molecule has 0 bridgehead atoms. The van der Waals surface area contributed by atoms with E-state index in [0.29, 0.717) is 0 Å². The van der Waals surface area contributed by atoms with Crippen molar-refractivity contribution in [1.29, 1.82) is 0 Å². The molecule has 3 aromatic rings. The fourth-order valence-electron chi connectivity index (χ4n) is 3.50. The molecule has 1 aliphatic heterocycles. The average Bonchev–Trinajstić information content (AvgIpc) is 3.20. The summed E-state index contributed by atoms with van der Waals surface area (Å²) in [6.07, 6.45) is 1.25. The van der Waals surface area contributed by atoms with Crippen molar-refractivity contribution in [2.75, 3.05) is 23.3 Å². The van der Waals surface area contributed by atoms with Gasteiger partial charge >= 0.3 is 0 Å². The molecule has 1 aliphatic rings. The Balaban J connectivity index is 1.51. The predicted molar refractivity (Wildman–Crippen MR) is 107 cm³/mol. The number of thiophene rings is 1. The molecule has 1 unspecified atom stereocenters. The van der Waals surface area contributed by atoms with E-state index in [1.807, 2.05) is 31.2 Å². The molecule has 1 fully saturated rings. The Hall–Kier alpha value is -2.33. The first kappa shape index (κ1) is 16.2. The topological polar surface area (TPSA) is 32.3 Å². The quantitative estimate of drug-likeness (QED) is 0.694. The summed E-state index contributed by atoms with van der Waals surface area (Å²) in [5, 5.41) is 4.20. The number of nitrogens with zero attached hydrogens (tertiary/aromatic N) is 1. The van der Waals surface area contributed by atoms with Crippen LogP contribution in [-0.4, -0.2) is 19.0 Å². The molecule has 1 amide bonds. The van der Waals surface area contributed by atoms with E-state index in [4.69, 9.17) is 0 Å². The first-order valence-corrected chi connectivity index (χ1v) is 9.58. The second kappa shape index (κ2) is 6.52. The standard InChI is InChI=1S/C21H22N2OS/c1-14-11-12-23(13-14)17-9-7-16(8-10-17)22-21(24)20-15(2)18-5-3-4-6-19(18)25-20/h3-10,14H,11-13H2,1-2H3,(H,22,24). The molecule has 1 aromatic heterocycles. The van der Waals surface area contributed by atoms with E-state index >= 15 is 0 Å². The van der Waals surface area contributed by atoms with Crippen LogP contribution in [0.4, 0.5) is 11.4 Å². The van der Waals surface area contributed by atoms with E-state index in [9.17, 15) is 4.79 Å². The first-order valence-electron chi connectivity index (χ1n) is 8.76. The Morgan fingerprint density at radius 3 is 2.60 bits per heavy atom. The third-order valence-electron chi connectivity index (χ3n) is 4.96. The zero-order valence-electron chi connectivity index (χ0n) is 14.6. The lowest BCUT2D eigenvalue weighted by Crippen LogP contribution is -2.19. The number of anilines is 2. The number of benzene rings is 2. The lowest BCUT2D eigenvalue weighted by Gasteiger charge is -2.18. The van der Waals surface area contributed by atoms with Crippen LogP contribution in [0.1, 0.15) is 28.6 Å². The van der Waals surface area contributed by atoms with E-state index in [0.717, 1.165) is 45.2 Å². The van der Waals surface area contributed by atoms with Gasteiger partial charge in [0, 0.05) is 29.2 Å². The van der Waals surface area contributed by atoms with Gasteiger partial charge in [0.15, 0.2) is 0 Å². The van der Waals surface area contributed by atoms with Gasteiger partial charge in [-0.1, -0.05) is 25.1 Å². The smallest absolute Gasteiger partial charge is 0.266 e. The van der Waals surface area contributed by atoms with Gasteiger partial charge in [-0.2, -0.15) is 0 Å². The SMILES string of the molecule is Cc1c(C(=O)Nc2ccc(N3CCC(C)C3)cc2)sc2ccccc12. The van der Waals surface area contributed by atoms with Gasteiger partial charge in [0.25, 0.3) is 5.91 Å². The molecular formula is C21H22N2OS. The lowest BCUT2D eigenvalue weighted by atomic mass is 10.1. The summed E-state index contributed by atoms with van der Waals surface area (Å²) in [4.78, 5) is 15.9. The van der Waals surface area contributed by atoms with E-state index in [-0.39, 0.29) is 5.91 Å². The second-order valence-corrected chi connectivity index (χ2v) is 7.95. The summed E-state index contributed by atoms with van der Waals surface area (Å²) in [6, 6.07) is 16.4.